The van der Waals surface area contributed by atoms with Gasteiger partial charge in [0.05, 0.1) is 0 Å². The van der Waals surface area contributed by atoms with Crippen molar-refractivity contribution in [3.63, 3.8) is 0 Å². The van der Waals surface area contributed by atoms with Crippen LogP contribution in [0.1, 0.15) is 19.8 Å². The minimum absolute atomic E-state index is 0.0900. The molecule has 6 nitrogen and oxygen atoms in total. The maximum atomic E-state index is 12.7. The summed E-state index contributed by atoms with van der Waals surface area (Å²) >= 11 is 0. The smallest absolute Gasteiger partial charge is 0.248 e. The molecule has 2 N–H and O–H groups in total. The fraction of sp³-hybridized carbons (Fsp3) is 0.714. The van der Waals surface area contributed by atoms with Crippen molar-refractivity contribution in [3.8, 4) is 0 Å². The van der Waals surface area contributed by atoms with Gasteiger partial charge in [-0.05, 0) is 45.6 Å². The Hall–Kier alpha value is -1.40. The van der Waals surface area contributed by atoms with Crippen LogP contribution >= 0.6 is 0 Å². The molecule has 1 aromatic rings. The number of carbonyl (C=O) groups is 1. The summed E-state index contributed by atoms with van der Waals surface area (Å²) in [5.74, 6) is 0.0900. The molecule has 0 saturated carbocycles. The van der Waals surface area contributed by atoms with E-state index >= 15 is 0 Å². The molecular formula is C14H25N5O. The molecule has 0 unspecified atom stereocenters. The van der Waals surface area contributed by atoms with E-state index in [9.17, 15) is 4.79 Å². The van der Waals surface area contributed by atoms with Crippen LogP contribution in [-0.2, 0) is 10.3 Å². The number of piperidine rings is 1. The predicted molar refractivity (Wildman–Crippen MR) is 78.5 cm³/mol. The second kappa shape index (κ2) is 6.85. The van der Waals surface area contributed by atoms with Gasteiger partial charge in [0.15, 0.2) is 0 Å². The Morgan fingerprint density at radius 3 is 2.85 bits per heavy atom. The number of carbonyl (C=O) groups excluding carboxylic acids is 1. The standard InChI is InChI=1S/C14H25N5O/c1-3-18(2)12-10-16-13(20)14(5-8-15-9-6-14)19-11-4-7-17-19/h4,7,11,15H,3,5-6,8-10,12H2,1-2H3,(H,16,20). The molecule has 2 heterocycles. The third-order valence-corrected chi connectivity index (χ3v) is 4.12. The third kappa shape index (κ3) is 3.19. The van der Waals surface area contributed by atoms with Crippen LogP contribution in [0.15, 0.2) is 18.5 Å². The Balaban J connectivity index is 2.02. The number of nitrogens with zero attached hydrogens (tertiary/aromatic N) is 3. The highest BCUT2D eigenvalue weighted by Gasteiger charge is 2.41. The van der Waals surface area contributed by atoms with Crippen LogP contribution in [0.2, 0.25) is 0 Å². The van der Waals surface area contributed by atoms with E-state index in [4.69, 9.17) is 0 Å². The number of aromatic nitrogens is 2. The van der Waals surface area contributed by atoms with E-state index in [1.54, 1.807) is 6.20 Å². The molecule has 112 valence electrons. The minimum Gasteiger partial charge on any atom is -0.353 e. The zero-order valence-electron chi connectivity index (χ0n) is 12.4. The topological polar surface area (TPSA) is 62.2 Å². The predicted octanol–water partition coefficient (Wildman–Crippen LogP) is 0.0297. The van der Waals surface area contributed by atoms with Gasteiger partial charge >= 0.3 is 0 Å². The van der Waals surface area contributed by atoms with Gasteiger partial charge in [-0.15, -0.1) is 0 Å². The van der Waals surface area contributed by atoms with Gasteiger partial charge in [0, 0.05) is 25.5 Å². The second-order valence-electron chi connectivity index (χ2n) is 5.38. The first-order valence-corrected chi connectivity index (χ1v) is 7.37. The normalized spacial score (nSPS) is 18.1. The van der Waals surface area contributed by atoms with Crippen molar-refractivity contribution in [1.29, 1.82) is 0 Å². The molecule has 0 radical (unpaired) electrons. The highest BCUT2D eigenvalue weighted by atomic mass is 16.2. The fourth-order valence-electron chi connectivity index (χ4n) is 2.61. The molecule has 1 aromatic heterocycles. The second-order valence-corrected chi connectivity index (χ2v) is 5.38. The van der Waals surface area contributed by atoms with Gasteiger partial charge in [-0.3, -0.25) is 9.48 Å². The van der Waals surface area contributed by atoms with Gasteiger partial charge in [-0.25, -0.2) is 0 Å². The van der Waals surface area contributed by atoms with E-state index in [-0.39, 0.29) is 5.91 Å². The van der Waals surface area contributed by atoms with E-state index < -0.39 is 5.54 Å². The van der Waals surface area contributed by atoms with E-state index in [1.165, 1.54) is 0 Å². The number of hydrogen-bond donors (Lipinski definition) is 2. The van der Waals surface area contributed by atoms with E-state index in [0.29, 0.717) is 6.54 Å². The monoisotopic (exact) mass is 279 g/mol. The lowest BCUT2D eigenvalue weighted by Gasteiger charge is -2.36. The molecule has 0 bridgehead atoms. The van der Waals surface area contributed by atoms with E-state index in [0.717, 1.165) is 39.0 Å². The maximum Gasteiger partial charge on any atom is 0.248 e. The molecule has 6 heteroatoms. The first-order valence-electron chi connectivity index (χ1n) is 7.37. The van der Waals surface area contributed by atoms with Gasteiger partial charge in [0.2, 0.25) is 5.91 Å². The van der Waals surface area contributed by atoms with Crippen molar-refractivity contribution in [2.45, 2.75) is 25.3 Å². The average Bonchev–Trinajstić information content (AvgIpc) is 3.02. The molecule has 1 fully saturated rings. The van der Waals surface area contributed by atoms with Crippen LogP contribution in [0.25, 0.3) is 0 Å². The highest BCUT2D eigenvalue weighted by Crippen LogP contribution is 2.26. The van der Waals surface area contributed by atoms with Crippen molar-refractivity contribution in [2.75, 3.05) is 39.8 Å². The lowest BCUT2D eigenvalue weighted by Crippen LogP contribution is -2.55. The zero-order chi connectivity index (χ0) is 14.4. The van der Waals surface area contributed by atoms with Gasteiger partial charge in [0.25, 0.3) is 0 Å². The molecule has 0 atom stereocenters. The summed E-state index contributed by atoms with van der Waals surface area (Å²) in [5.41, 5.74) is -0.528. The Kier molecular flexibility index (Phi) is 5.14. The van der Waals surface area contributed by atoms with Gasteiger partial charge in [-0.2, -0.15) is 5.10 Å². The number of rotatable bonds is 6. The van der Waals surface area contributed by atoms with Crippen molar-refractivity contribution in [2.24, 2.45) is 0 Å². The fourth-order valence-corrected chi connectivity index (χ4v) is 2.61. The van der Waals surface area contributed by atoms with Crippen molar-refractivity contribution in [1.82, 2.24) is 25.3 Å². The Morgan fingerprint density at radius 2 is 2.25 bits per heavy atom. The van der Waals surface area contributed by atoms with Crippen LogP contribution in [0, 0.1) is 0 Å². The molecule has 1 aliphatic heterocycles. The first kappa shape index (κ1) is 15.0. The molecule has 20 heavy (non-hydrogen) atoms. The summed E-state index contributed by atoms with van der Waals surface area (Å²) in [5, 5.41) is 10.7. The SMILES string of the molecule is CCN(C)CCNC(=O)C1(n2cccn2)CCNCC1. The highest BCUT2D eigenvalue weighted by molar-refractivity contribution is 5.84. The molecule has 0 aliphatic carbocycles. The number of likely N-dealkylation sites (N-methyl/N-ethyl adjacent to an activating group) is 1. The van der Waals surface area contributed by atoms with Crippen molar-refractivity contribution < 1.29 is 4.79 Å². The molecule has 0 spiro atoms. The largest absolute Gasteiger partial charge is 0.353 e. The molecule has 0 aromatic carbocycles. The van der Waals surface area contributed by atoms with Crippen LogP contribution in [0.4, 0.5) is 0 Å². The number of hydrogen-bond acceptors (Lipinski definition) is 4. The maximum absolute atomic E-state index is 12.7. The van der Waals surface area contributed by atoms with E-state index in [1.807, 2.05) is 16.9 Å². The molecule has 2 rings (SSSR count). The lowest BCUT2D eigenvalue weighted by atomic mass is 9.87. The Labute approximate surface area is 120 Å². The van der Waals surface area contributed by atoms with Crippen LogP contribution in [0.5, 0.6) is 0 Å². The van der Waals surface area contributed by atoms with Crippen LogP contribution < -0.4 is 10.6 Å². The summed E-state index contributed by atoms with van der Waals surface area (Å²) in [6.07, 6.45) is 5.19. The summed E-state index contributed by atoms with van der Waals surface area (Å²) in [6, 6.07) is 1.88. The Bertz CT molecular complexity index is 411. The number of nitrogens with one attached hydrogen (secondary N) is 2. The molecule has 1 amide bonds. The lowest BCUT2D eigenvalue weighted by molar-refractivity contribution is -0.132. The van der Waals surface area contributed by atoms with Gasteiger partial charge in [-0.1, -0.05) is 6.92 Å². The van der Waals surface area contributed by atoms with E-state index in [2.05, 4.69) is 34.6 Å². The number of amides is 1. The molecule has 1 saturated heterocycles. The average molecular weight is 279 g/mol. The van der Waals surface area contributed by atoms with Gasteiger partial charge in [0.1, 0.15) is 5.54 Å². The zero-order valence-corrected chi connectivity index (χ0v) is 12.4. The summed E-state index contributed by atoms with van der Waals surface area (Å²) in [4.78, 5) is 14.9. The minimum atomic E-state index is -0.528. The van der Waals surface area contributed by atoms with Gasteiger partial charge < -0.3 is 15.5 Å². The van der Waals surface area contributed by atoms with Crippen LogP contribution in [0.3, 0.4) is 0 Å². The van der Waals surface area contributed by atoms with Crippen molar-refractivity contribution in [3.05, 3.63) is 18.5 Å². The quantitative estimate of drug-likeness (QED) is 0.771. The third-order valence-electron chi connectivity index (χ3n) is 4.12. The van der Waals surface area contributed by atoms with Crippen LogP contribution in [-0.4, -0.2) is 60.4 Å². The van der Waals surface area contributed by atoms with Crippen molar-refractivity contribution >= 4 is 5.91 Å². The Morgan fingerprint density at radius 1 is 1.50 bits per heavy atom. The molecule has 1 aliphatic rings. The summed E-state index contributed by atoms with van der Waals surface area (Å²) < 4.78 is 1.83. The summed E-state index contributed by atoms with van der Waals surface area (Å²) in [7, 11) is 2.06. The molecular weight excluding hydrogens is 254 g/mol. The summed E-state index contributed by atoms with van der Waals surface area (Å²) in [6.45, 7) is 6.35. The first-order chi connectivity index (χ1) is 9.69.